The van der Waals surface area contributed by atoms with Crippen LogP contribution in [0.15, 0.2) is 0 Å². The van der Waals surface area contributed by atoms with E-state index in [9.17, 15) is 9.59 Å². The summed E-state index contributed by atoms with van der Waals surface area (Å²) < 4.78 is 5.36. The van der Waals surface area contributed by atoms with Crippen molar-refractivity contribution < 1.29 is 14.3 Å². The van der Waals surface area contributed by atoms with Crippen molar-refractivity contribution in [3.63, 3.8) is 0 Å². The first kappa shape index (κ1) is 20.3. The molecule has 0 aliphatic carbocycles. The number of ether oxygens (including phenoxy) is 1. The number of rotatable bonds is 14. The lowest BCUT2D eigenvalue weighted by Crippen LogP contribution is -2.15. The molecule has 0 fully saturated rings. The summed E-state index contributed by atoms with van der Waals surface area (Å²) in [5.41, 5.74) is 0. The van der Waals surface area contributed by atoms with E-state index in [-0.39, 0.29) is 24.2 Å². The van der Waals surface area contributed by atoms with E-state index < -0.39 is 0 Å². The molecule has 0 N–H and O–H groups in total. The van der Waals surface area contributed by atoms with E-state index in [1.165, 1.54) is 25.7 Å². The fourth-order valence-corrected chi connectivity index (χ4v) is 2.02. The second-order valence-electron chi connectivity index (χ2n) is 6.52. The van der Waals surface area contributed by atoms with Gasteiger partial charge in [0, 0.05) is 24.9 Å². The van der Waals surface area contributed by atoms with Crippen molar-refractivity contribution in [3.05, 3.63) is 0 Å². The molecule has 3 heteroatoms. The van der Waals surface area contributed by atoms with Crippen LogP contribution in [0, 0.1) is 11.8 Å². The number of hydrogen-bond donors (Lipinski definition) is 0. The molecule has 0 aromatic carbocycles. The molecule has 0 saturated carbocycles. The van der Waals surface area contributed by atoms with E-state index in [1.54, 1.807) is 0 Å². The van der Waals surface area contributed by atoms with Crippen LogP contribution in [0.25, 0.3) is 0 Å². The molecule has 0 aliphatic rings. The Hall–Kier alpha value is -0.700. The quantitative estimate of drug-likeness (QED) is 0.441. The molecule has 0 aliphatic heterocycles. The highest BCUT2D eigenvalue weighted by Gasteiger charge is 2.06. The zero-order valence-corrected chi connectivity index (χ0v) is 14.5. The summed E-state index contributed by atoms with van der Waals surface area (Å²) in [5.74, 6) is 0.842. The van der Waals surface area contributed by atoms with E-state index >= 15 is 0 Å². The Morgan fingerprint density at radius 2 is 1.19 bits per heavy atom. The van der Waals surface area contributed by atoms with Crippen LogP contribution in [-0.2, 0) is 14.3 Å². The number of ketones is 2. The SMILES string of the molecule is CC(C)C(=O)CCCCCCCCCOCC(=O)C(C)C. The highest BCUT2D eigenvalue weighted by Crippen LogP contribution is 2.10. The lowest BCUT2D eigenvalue weighted by Gasteiger charge is -2.06. The van der Waals surface area contributed by atoms with Gasteiger partial charge in [0.2, 0.25) is 0 Å². The minimum Gasteiger partial charge on any atom is -0.374 e. The van der Waals surface area contributed by atoms with Crippen molar-refractivity contribution in [2.75, 3.05) is 13.2 Å². The van der Waals surface area contributed by atoms with Gasteiger partial charge in [-0.15, -0.1) is 0 Å². The summed E-state index contributed by atoms with van der Waals surface area (Å²) in [4.78, 5) is 22.7. The van der Waals surface area contributed by atoms with Crippen molar-refractivity contribution in [1.29, 1.82) is 0 Å². The fourth-order valence-electron chi connectivity index (χ4n) is 2.02. The molecule has 0 heterocycles. The van der Waals surface area contributed by atoms with Gasteiger partial charge in [0.05, 0.1) is 0 Å². The first-order valence-corrected chi connectivity index (χ1v) is 8.58. The van der Waals surface area contributed by atoms with Crippen LogP contribution in [0.4, 0.5) is 0 Å². The molecule has 0 amide bonds. The summed E-state index contributed by atoms with van der Waals surface area (Å²) in [6.07, 6.45) is 8.83. The van der Waals surface area contributed by atoms with Gasteiger partial charge in [-0.1, -0.05) is 59.8 Å². The van der Waals surface area contributed by atoms with Crippen molar-refractivity contribution in [3.8, 4) is 0 Å². The van der Waals surface area contributed by atoms with Crippen molar-refractivity contribution in [2.24, 2.45) is 11.8 Å². The molecule has 0 rings (SSSR count). The topological polar surface area (TPSA) is 43.4 Å². The molecule has 21 heavy (non-hydrogen) atoms. The van der Waals surface area contributed by atoms with Crippen LogP contribution in [0.1, 0.15) is 79.1 Å². The summed E-state index contributed by atoms with van der Waals surface area (Å²) >= 11 is 0. The molecule has 0 aromatic heterocycles. The van der Waals surface area contributed by atoms with Gasteiger partial charge in [0.1, 0.15) is 12.4 Å². The lowest BCUT2D eigenvalue weighted by atomic mass is 10.0. The maximum Gasteiger partial charge on any atom is 0.160 e. The Labute approximate surface area is 130 Å². The summed E-state index contributed by atoms with van der Waals surface area (Å²) in [5, 5.41) is 0. The van der Waals surface area contributed by atoms with Gasteiger partial charge in [0.25, 0.3) is 0 Å². The van der Waals surface area contributed by atoms with Gasteiger partial charge >= 0.3 is 0 Å². The van der Waals surface area contributed by atoms with Crippen LogP contribution in [0.3, 0.4) is 0 Å². The van der Waals surface area contributed by atoms with Crippen LogP contribution in [-0.4, -0.2) is 24.8 Å². The standard InChI is InChI=1S/C18H34O3/c1-15(2)17(19)12-10-8-6-5-7-9-11-13-21-14-18(20)16(3)4/h15-16H,5-14H2,1-4H3. The molecule has 0 radical (unpaired) electrons. The zero-order valence-electron chi connectivity index (χ0n) is 14.5. The minimum absolute atomic E-state index is 0.0765. The zero-order chi connectivity index (χ0) is 16.1. The molecule has 0 bridgehead atoms. The lowest BCUT2D eigenvalue weighted by molar-refractivity contribution is -0.126. The van der Waals surface area contributed by atoms with E-state index in [0.29, 0.717) is 12.4 Å². The van der Waals surface area contributed by atoms with E-state index in [0.717, 1.165) is 25.7 Å². The second-order valence-corrected chi connectivity index (χ2v) is 6.52. The molecule has 0 atom stereocenters. The van der Waals surface area contributed by atoms with Gasteiger partial charge < -0.3 is 4.74 Å². The normalized spacial score (nSPS) is 11.3. The molecular formula is C18H34O3. The highest BCUT2D eigenvalue weighted by atomic mass is 16.5. The van der Waals surface area contributed by atoms with Gasteiger partial charge in [0.15, 0.2) is 5.78 Å². The van der Waals surface area contributed by atoms with E-state index in [4.69, 9.17) is 4.74 Å². The monoisotopic (exact) mass is 298 g/mol. The Kier molecular flexibility index (Phi) is 12.6. The summed E-state index contributed by atoms with van der Waals surface area (Å²) in [6, 6.07) is 0. The predicted octanol–water partition coefficient (Wildman–Crippen LogP) is 4.57. The predicted molar refractivity (Wildman–Crippen MR) is 87.4 cm³/mol. The summed E-state index contributed by atoms with van der Waals surface area (Å²) in [6.45, 7) is 8.71. The van der Waals surface area contributed by atoms with E-state index in [1.807, 2.05) is 27.7 Å². The average molecular weight is 298 g/mol. The maximum absolute atomic E-state index is 11.4. The molecular weight excluding hydrogens is 264 g/mol. The van der Waals surface area contributed by atoms with Crippen molar-refractivity contribution >= 4 is 11.6 Å². The number of carbonyl (C=O) groups excluding carboxylic acids is 2. The van der Waals surface area contributed by atoms with Gasteiger partial charge in [-0.3, -0.25) is 9.59 Å². The molecule has 0 spiro atoms. The molecule has 124 valence electrons. The number of unbranched alkanes of at least 4 members (excludes halogenated alkanes) is 6. The van der Waals surface area contributed by atoms with Crippen LogP contribution in [0.2, 0.25) is 0 Å². The summed E-state index contributed by atoms with van der Waals surface area (Å²) in [7, 11) is 0. The van der Waals surface area contributed by atoms with Crippen LogP contribution >= 0.6 is 0 Å². The third kappa shape index (κ3) is 12.7. The molecule has 0 aromatic rings. The van der Waals surface area contributed by atoms with Gasteiger partial charge in [-0.2, -0.15) is 0 Å². The van der Waals surface area contributed by atoms with Crippen molar-refractivity contribution in [1.82, 2.24) is 0 Å². The average Bonchev–Trinajstić information content (AvgIpc) is 2.43. The smallest absolute Gasteiger partial charge is 0.160 e. The van der Waals surface area contributed by atoms with Crippen LogP contribution in [0.5, 0.6) is 0 Å². The van der Waals surface area contributed by atoms with Gasteiger partial charge in [-0.05, 0) is 12.8 Å². The Morgan fingerprint density at radius 1 is 0.714 bits per heavy atom. The fraction of sp³-hybridized carbons (Fsp3) is 0.889. The Balaban J connectivity index is 3.20. The number of carbonyl (C=O) groups is 2. The number of hydrogen-bond acceptors (Lipinski definition) is 3. The maximum atomic E-state index is 11.4. The van der Waals surface area contributed by atoms with Crippen molar-refractivity contribution in [2.45, 2.75) is 79.1 Å². The first-order valence-electron chi connectivity index (χ1n) is 8.58. The van der Waals surface area contributed by atoms with Crippen LogP contribution < -0.4 is 0 Å². The van der Waals surface area contributed by atoms with E-state index in [2.05, 4.69) is 0 Å². The highest BCUT2D eigenvalue weighted by molar-refractivity contribution is 5.81. The third-order valence-electron chi connectivity index (χ3n) is 3.74. The third-order valence-corrected chi connectivity index (χ3v) is 3.74. The molecule has 3 nitrogen and oxygen atoms in total. The first-order chi connectivity index (χ1) is 9.95. The Bertz CT molecular complexity index is 254. The molecule has 0 saturated heterocycles. The number of Topliss-reactive ketones (excluding diaryl/α,β-unsaturated/α-hetero) is 2. The second kappa shape index (κ2) is 13.0. The minimum atomic E-state index is 0.0765. The molecule has 0 unspecified atom stereocenters. The largest absolute Gasteiger partial charge is 0.374 e. The van der Waals surface area contributed by atoms with Gasteiger partial charge in [-0.25, -0.2) is 0 Å². The Morgan fingerprint density at radius 3 is 1.71 bits per heavy atom.